The zero-order valence-corrected chi connectivity index (χ0v) is 13.6. The average Bonchev–Trinajstić information content (AvgIpc) is 2.75. The Kier molecular flexibility index (Phi) is 5.22. The maximum Gasteiger partial charge on any atom is 0.138 e. The Balaban J connectivity index is 2.00. The first kappa shape index (κ1) is 15.5. The molecule has 2 rings (SSSR count). The van der Waals surface area contributed by atoms with Crippen molar-refractivity contribution in [2.24, 2.45) is 0 Å². The molecule has 0 saturated carbocycles. The van der Waals surface area contributed by atoms with Crippen LogP contribution < -0.4 is 5.32 Å². The highest BCUT2D eigenvalue weighted by Gasteiger charge is 2.31. The second-order valence-electron chi connectivity index (χ2n) is 6.18. The lowest BCUT2D eigenvalue weighted by Gasteiger charge is -2.41. The zero-order valence-electron chi connectivity index (χ0n) is 13.6. The SMILES string of the molecule is CCCNC1CCN(C(C)c2c(C)noc2C)C(C)C1. The van der Waals surface area contributed by atoms with Crippen molar-refractivity contribution in [3.05, 3.63) is 17.0 Å². The Hall–Kier alpha value is -0.870. The number of hydrogen-bond acceptors (Lipinski definition) is 4. The maximum atomic E-state index is 5.33. The Bertz CT molecular complexity index is 410. The van der Waals surface area contributed by atoms with E-state index in [0.29, 0.717) is 18.1 Å². The van der Waals surface area contributed by atoms with Gasteiger partial charge in [-0.2, -0.15) is 0 Å². The summed E-state index contributed by atoms with van der Waals surface area (Å²) in [7, 11) is 0. The number of likely N-dealkylation sites (tertiary alicyclic amines) is 1. The van der Waals surface area contributed by atoms with Gasteiger partial charge in [-0.05, 0) is 53.5 Å². The summed E-state index contributed by atoms with van der Waals surface area (Å²) >= 11 is 0. The fourth-order valence-electron chi connectivity index (χ4n) is 3.55. The molecule has 4 nitrogen and oxygen atoms in total. The van der Waals surface area contributed by atoms with Crippen molar-refractivity contribution in [3.63, 3.8) is 0 Å². The topological polar surface area (TPSA) is 41.3 Å². The summed E-state index contributed by atoms with van der Waals surface area (Å²) in [5.41, 5.74) is 2.31. The van der Waals surface area contributed by atoms with Crippen LogP contribution in [0.15, 0.2) is 4.52 Å². The highest BCUT2D eigenvalue weighted by atomic mass is 16.5. The molecule has 4 heteroatoms. The predicted octanol–water partition coefficient (Wildman–Crippen LogP) is 3.20. The van der Waals surface area contributed by atoms with Crippen molar-refractivity contribution >= 4 is 0 Å². The van der Waals surface area contributed by atoms with Crippen LogP contribution in [0.25, 0.3) is 0 Å². The Labute approximate surface area is 122 Å². The van der Waals surface area contributed by atoms with Gasteiger partial charge in [0.05, 0.1) is 5.69 Å². The minimum Gasteiger partial charge on any atom is -0.361 e. The van der Waals surface area contributed by atoms with Crippen LogP contribution in [0.2, 0.25) is 0 Å². The van der Waals surface area contributed by atoms with Crippen LogP contribution in [0, 0.1) is 13.8 Å². The number of rotatable bonds is 5. The van der Waals surface area contributed by atoms with E-state index in [1.165, 1.54) is 24.8 Å². The van der Waals surface area contributed by atoms with Crippen LogP contribution >= 0.6 is 0 Å². The molecule has 20 heavy (non-hydrogen) atoms. The van der Waals surface area contributed by atoms with Gasteiger partial charge in [-0.3, -0.25) is 4.90 Å². The second-order valence-corrected chi connectivity index (χ2v) is 6.18. The van der Waals surface area contributed by atoms with Crippen LogP contribution in [-0.4, -0.2) is 35.2 Å². The van der Waals surface area contributed by atoms with Gasteiger partial charge in [0.1, 0.15) is 5.76 Å². The third-order valence-corrected chi connectivity index (χ3v) is 4.61. The molecular weight excluding hydrogens is 250 g/mol. The van der Waals surface area contributed by atoms with Gasteiger partial charge in [-0.25, -0.2) is 0 Å². The summed E-state index contributed by atoms with van der Waals surface area (Å²) in [5.74, 6) is 0.966. The third-order valence-electron chi connectivity index (χ3n) is 4.61. The van der Waals surface area contributed by atoms with Gasteiger partial charge in [0.2, 0.25) is 0 Å². The minimum atomic E-state index is 0.392. The fraction of sp³-hybridized carbons (Fsp3) is 0.812. The lowest BCUT2D eigenvalue weighted by atomic mass is 9.94. The summed E-state index contributed by atoms with van der Waals surface area (Å²) in [4.78, 5) is 2.59. The van der Waals surface area contributed by atoms with E-state index < -0.39 is 0 Å². The summed E-state index contributed by atoms with van der Waals surface area (Å²) < 4.78 is 5.33. The molecule has 1 N–H and O–H groups in total. The summed E-state index contributed by atoms with van der Waals surface area (Å²) in [6, 6.07) is 1.67. The zero-order chi connectivity index (χ0) is 14.7. The average molecular weight is 279 g/mol. The number of piperidine rings is 1. The third kappa shape index (κ3) is 3.23. The number of aryl methyl sites for hydroxylation is 2. The number of nitrogens with one attached hydrogen (secondary N) is 1. The Morgan fingerprint density at radius 1 is 1.45 bits per heavy atom. The first-order chi connectivity index (χ1) is 9.54. The van der Waals surface area contributed by atoms with Gasteiger partial charge >= 0.3 is 0 Å². The molecule has 0 spiro atoms. The molecule has 0 aromatic carbocycles. The van der Waals surface area contributed by atoms with E-state index in [9.17, 15) is 0 Å². The number of nitrogens with zero attached hydrogens (tertiary/aromatic N) is 2. The highest BCUT2D eigenvalue weighted by molar-refractivity contribution is 5.24. The van der Waals surface area contributed by atoms with E-state index in [1.54, 1.807) is 0 Å². The van der Waals surface area contributed by atoms with E-state index in [1.807, 2.05) is 13.8 Å². The molecule has 1 fully saturated rings. The van der Waals surface area contributed by atoms with E-state index >= 15 is 0 Å². The quantitative estimate of drug-likeness (QED) is 0.898. The standard InChI is InChI=1S/C16H29N3O/c1-6-8-17-15-7-9-19(11(2)10-15)13(4)16-12(3)18-20-14(16)5/h11,13,15,17H,6-10H2,1-5H3. The van der Waals surface area contributed by atoms with Crippen LogP contribution in [-0.2, 0) is 0 Å². The molecular formula is C16H29N3O. The molecule has 3 unspecified atom stereocenters. The molecule has 3 atom stereocenters. The minimum absolute atomic E-state index is 0.392. The predicted molar refractivity (Wildman–Crippen MR) is 81.9 cm³/mol. The first-order valence-corrected chi connectivity index (χ1v) is 7.96. The monoisotopic (exact) mass is 279 g/mol. The van der Waals surface area contributed by atoms with Crippen LogP contribution in [0.1, 0.15) is 63.1 Å². The van der Waals surface area contributed by atoms with E-state index in [-0.39, 0.29) is 0 Å². The summed E-state index contributed by atoms with van der Waals surface area (Å²) in [5, 5.41) is 7.76. The van der Waals surface area contributed by atoms with Gasteiger partial charge in [0.25, 0.3) is 0 Å². The lowest BCUT2D eigenvalue weighted by molar-refractivity contribution is 0.0946. The van der Waals surface area contributed by atoms with Crippen molar-refractivity contribution in [1.82, 2.24) is 15.4 Å². The van der Waals surface area contributed by atoms with Crippen molar-refractivity contribution in [3.8, 4) is 0 Å². The maximum absolute atomic E-state index is 5.33. The molecule has 1 aliphatic rings. The van der Waals surface area contributed by atoms with Gasteiger partial charge in [-0.1, -0.05) is 12.1 Å². The summed E-state index contributed by atoms with van der Waals surface area (Å²) in [6.45, 7) is 13.2. The molecule has 2 heterocycles. The smallest absolute Gasteiger partial charge is 0.138 e. The Morgan fingerprint density at radius 2 is 2.20 bits per heavy atom. The molecule has 0 radical (unpaired) electrons. The van der Waals surface area contributed by atoms with Gasteiger partial charge < -0.3 is 9.84 Å². The Morgan fingerprint density at radius 3 is 2.75 bits per heavy atom. The van der Waals surface area contributed by atoms with E-state index in [0.717, 1.165) is 24.5 Å². The normalized spacial score (nSPS) is 25.9. The van der Waals surface area contributed by atoms with E-state index in [2.05, 4.69) is 36.1 Å². The molecule has 1 aromatic rings. The van der Waals surface area contributed by atoms with Crippen molar-refractivity contribution in [2.75, 3.05) is 13.1 Å². The van der Waals surface area contributed by atoms with Crippen LogP contribution in [0.4, 0.5) is 0 Å². The number of hydrogen-bond donors (Lipinski definition) is 1. The highest BCUT2D eigenvalue weighted by Crippen LogP contribution is 2.31. The largest absolute Gasteiger partial charge is 0.361 e. The second kappa shape index (κ2) is 6.72. The molecule has 1 saturated heterocycles. The van der Waals surface area contributed by atoms with Crippen LogP contribution in [0.5, 0.6) is 0 Å². The summed E-state index contributed by atoms with van der Waals surface area (Å²) in [6.07, 6.45) is 3.68. The molecule has 1 aliphatic heterocycles. The van der Waals surface area contributed by atoms with E-state index in [4.69, 9.17) is 4.52 Å². The van der Waals surface area contributed by atoms with Crippen LogP contribution in [0.3, 0.4) is 0 Å². The van der Waals surface area contributed by atoms with Crippen molar-refractivity contribution < 1.29 is 4.52 Å². The van der Waals surface area contributed by atoms with Gasteiger partial charge in [-0.15, -0.1) is 0 Å². The lowest BCUT2D eigenvalue weighted by Crippen LogP contribution is -2.48. The molecule has 0 amide bonds. The van der Waals surface area contributed by atoms with Gasteiger partial charge in [0, 0.05) is 30.2 Å². The molecule has 1 aromatic heterocycles. The van der Waals surface area contributed by atoms with Crippen molar-refractivity contribution in [1.29, 1.82) is 0 Å². The molecule has 0 aliphatic carbocycles. The van der Waals surface area contributed by atoms with Gasteiger partial charge in [0.15, 0.2) is 0 Å². The number of aromatic nitrogens is 1. The fourth-order valence-corrected chi connectivity index (χ4v) is 3.55. The molecule has 0 bridgehead atoms. The first-order valence-electron chi connectivity index (χ1n) is 7.96. The molecule has 114 valence electrons. The van der Waals surface area contributed by atoms with Crippen molar-refractivity contribution in [2.45, 2.75) is 72.0 Å².